The van der Waals surface area contributed by atoms with Crippen molar-refractivity contribution in [2.45, 2.75) is 6.92 Å². The number of aromatic amines is 1. The van der Waals surface area contributed by atoms with E-state index in [-0.39, 0.29) is 0 Å². The number of H-pyrrole nitrogens is 1. The maximum atomic E-state index is 4.70. The van der Waals surface area contributed by atoms with Crippen LogP contribution in [0.15, 0.2) is 60.8 Å². The van der Waals surface area contributed by atoms with Gasteiger partial charge >= 0.3 is 0 Å². The van der Waals surface area contributed by atoms with Gasteiger partial charge in [-0.05, 0) is 13.0 Å². The summed E-state index contributed by atoms with van der Waals surface area (Å²) in [6.07, 6.45) is 1.96. The summed E-state index contributed by atoms with van der Waals surface area (Å²) in [6.45, 7) is 2.99. The molecule has 0 atom stereocenters. The first kappa shape index (κ1) is 12.5. The molecule has 3 aromatic rings. The van der Waals surface area contributed by atoms with Gasteiger partial charge in [0.05, 0.1) is 5.69 Å². The molecule has 0 aliphatic rings. The summed E-state index contributed by atoms with van der Waals surface area (Å²) in [6, 6.07) is 18.4. The Morgan fingerprint density at radius 2 is 1.75 bits per heavy atom. The van der Waals surface area contributed by atoms with Crippen molar-refractivity contribution < 1.29 is 0 Å². The van der Waals surface area contributed by atoms with Crippen LogP contribution < -0.4 is 5.32 Å². The van der Waals surface area contributed by atoms with Crippen molar-refractivity contribution in [3.63, 3.8) is 0 Å². The van der Waals surface area contributed by atoms with Crippen LogP contribution in [-0.2, 0) is 0 Å². The molecular formula is C17H17N3. The molecule has 1 aromatic heterocycles. The van der Waals surface area contributed by atoms with Gasteiger partial charge in [0.25, 0.3) is 0 Å². The van der Waals surface area contributed by atoms with E-state index in [0.717, 1.165) is 34.9 Å². The Bertz CT molecular complexity index is 686. The van der Waals surface area contributed by atoms with Gasteiger partial charge in [-0.3, -0.25) is 0 Å². The second-order valence-corrected chi connectivity index (χ2v) is 4.58. The molecule has 2 aromatic carbocycles. The monoisotopic (exact) mass is 263 g/mol. The van der Waals surface area contributed by atoms with E-state index in [2.05, 4.69) is 41.5 Å². The van der Waals surface area contributed by atoms with E-state index < -0.39 is 0 Å². The lowest BCUT2D eigenvalue weighted by molar-refractivity contribution is 1.21. The topological polar surface area (TPSA) is 40.7 Å². The predicted octanol–water partition coefficient (Wildman–Crippen LogP) is 4.18. The van der Waals surface area contributed by atoms with E-state index in [9.17, 15) is 0 Å². The minimum Gasteiger partial charge on any atom is -0.385 e. The average molecular weight is 263 g/mol. The first-order valence-electron chi connectivity index (χ1n) is 6.82. The van der Waals surface area contributed by atoms with Crippen LogP contribution in [0, 0.1) is 0 Å². The molecule has 100 valence electrons. The van der Waals surface area contributed by atoms with Crippen molar-refractivity contribution in [1.29, 1.82) is 0 Å². The molecule has 0 bridgehead atoms. The number of nitrogens with one attached hydrogen (secondary N) is 2. The standard InChI is InChI=1S/C17H17N3/c1-2-18-15-11-7-6-10-14(15)16-12-19-17(20-16)13-8-4-3-5-9-13/h3-12,18H,2H2,1H3,(H,19,20). The van der Waals surface area contributed by atoms with Crippen LogP contribution in [0.3, 0.4) is 0 Å². The predicted molar refractivity (Wildman–Crippen MR) is 83.6 cm³/mol. The highest BCUT2D eigenvalue weighted by Crippen LogP contribution is 2.28. The minimum atomic E-state index is 0.895. The van der Waals surface area contributed by atoms with Crippen molar-refractivity contribution >= 4 is 5.69 Å². The highest BCUT2D eigenvalue weighted by atomic mass is 14.9. The second kappa shape index (κ2) is 5.61. The van der Waals surface area contributed by atoms with Crippen LogP contribution >= 0.6 is 0 Å². The van der Waals surface area contributed by atoms with Crippen molar-refractivity contribution in [3.8, 4) is 22.6 Å². The van der Waals surface area contributed by atoms with Gasteiger partial charge < -0.3 is 10.3 Å². The molecule has 1 heterocycles. The molecule has 0 saturated heterocycles. The molecule has 3 heteroatoms. The van der Waals surface area contributed by atoms with E-state index in [4.69, 9.17) is 4.98 Å². The summed E-state index contributed by atoms with van der Waals surface area (Å²) in [5, 5.41) is 3.37. The molecule has 0 amide bonds. The Morgan fingerprint density at radius 1 is 1.00 bits per heavy atom. The van der Waals surface area contributed by atoms with Crippen LogP contribution in [0.25, 0.3) is 22.6 Å². The van der Waals surface area contributed by atoms with Crippen LogP contribution in [0.5, 0.6) is 0 Å². The summed E-state index contributed by atoms with van der Waals surface area (Å²) >= 11 is 0. The zero-order valence-electron chi connectivity index (χ0n) is 11.4. The van der Waals surface area contributed by atoms with E-state index >= 15 is 0 Å². The molecule has 0 aliphatic carbocycles. The first-order chi connectivity index (χ1) is 9.88. The molecule has 0 saturated carbocycles. The van der Waals surface area contributed by atoms with Crippen molar-refractivity contribution in [3.05, 3.63) is 60.8 Å². The van der Waals surface area contributed by atoms with Crippen LogP contribution in [0.1, 0.15) is 6.92 Å². The molecule has 3 nitrogen and oxygen atoms in total. The smallest absolute Gasteiger partial charge is 0.138 e. The quantitative estimate of drug-likeness (QED) is 0.741. The molecule has 0 unspecified atom stereocenters. The minimum absolute atomic E-state index is 0.895. The fourth-order valence-corrected chi connectivity index (χ4v) is 2.25. The van der Waals surface area contributed by atoms with Crippen molar-refractivity contribution in [1.82, 2.24) is 9.97 Å². The summed E-state index contributed by atoms with van der Waals surface area (Å²) in [5.41, 5.74) is 4.29. The molecule has 2 N–H and O–H groups in total. The van der Waals surface area contributed by atoms with Gasteiger partial charge in [-0.15, -0.1) is 0 Å². The Balaban J connectivity index is 1.98. The molecule has 0 fully saturated rings. The fourth-order valence-electron chi connectivity index (χ4n) is 2.25. The molecule has 0 radical (unpaired) electrons. The van der Waals surface area contributed by atoms with Crippen molar-refractivity contribution in [2.24, 2.45) is 0 Å². The lowest BCUT2D eigenvalue weighted by Gasteiger charge is -2.07. The number of hydrogen-bond donors (Lipinski definition) is 2. The second-order valence-electron chi connectivity index (χ2n) is 4.58. The number of nitrogens with zero attached hydrogens (tertiary/aromatic N) is 1. The third-order valence-electron chi connectivity index (χ3n) is 3.20. The average Bonchev–Trinajstić information content (AvgIpc) is 2.99. The number of aromatic nitrogens is 2. The Labute approximate surface area is 118 Å². The number of anilines is 1. The largest absolute Gasteiger partial charge is 0.385 e. The summed E-state index contributed by atoms with van der Waals surface area (Å²) in [5.74, 6) is 0.895. The van der Waals surface area contributed by atoms with Crippen LogP contribution in [0.4, 0.5) is 5.69 Å². The molecule has 0 aliphatic heterocycles. The van der Waals surface area contributed by atoms with E-state index in [1.165, 1.54) is 0 Å². The number of imidazole rings is 1. The number of hydrogen-bond acceptors (Lipinski definition) is 2. The van der Waals surface area contributed by atoms with Gasteiger partial charge in [0, 0.05) is 29.6 Å². The zero-order valence-corrected chi connectivity index (χ0v) is 11.4. The molecule has 0 spiro atoms. The lowest BCUT2D eigenvalue weighted by atomic mass is 10.1. The number of para-hydroxylation sites is 1. The Morgan fingerprint density at radius 3 is 2.55 bits per heavy atom. The van der Waals surface area contributed by atoms with Gasteiger partial charge in [-0.1, -0.05) is 48.5 Å². The maximum absolute atomic E-state index is 4.70. The normalized spacial score (nSPS) is 10.4. The van der Waals surface area contributed by atoms with Crippen LogP contribution in [0.2, 0.25) is 0 Å². The van der Waals surface area contributed by atoms with Gasteiger partial charge in [0.2, 0.25) is 0 Å². The van der Waals surface area contributed by atoms with Gasteiger partial charge in [0.1, 0.15) is 5.82 Å². The molecular weight excluding hydrogens is 246 g/mol. The molecule has 3 rings (SSSR count). The summed E-state index contributed by atoms with van der Waals surface area (Å²) in [7, 11) is 0. The van der Waals surface area contributed by atoms with Gasteiger partial charge in [0.15, 0.2) is 0 Å². The third-order valence-corrected chi connectivity index (χ3v) is 3.20. The SMILES string of the molecule is CCNc1ccccc1-c1c[nH]c(-c2ccccc2)n1. The van der Waals surface area contributed by atoms with Gasteiger partial charge in [-0.2, -0.15) is 0 Å². The van der Waals surface area contributed by atoms with E-state index in [1.807, 2.05) is 36.5 Å². The zero-order chi connectivity index (χ0) is 13.8. The highest BCUT2D eigenvalue weighted by Gasteiger charge is 2.08. The summed E-state index contributed by atoms with van der Waals surface area (Å²) in [4.78, 5) is 7.95. The van der Waals surface area contributed by atoms with Crippen LogP contribution in [-0.4, -0.2) is 16.5 Å². The Hall–Kier alpha value is -2.55. The lowest BCUT2D eigenvalue weighted by Crippen LogP contribution is -1.98. The molecule has 20 heavy (non-hydrogen) atoms. The van der Waals surface area contributed by atoms with E-state index in [0.29, 0.717) is 0 Å². The number of benzene rings is 2. The number of rotatable bonds is 4. The highest BCUT2D eigenvalue weighted by molar-refractivity contribution is 5.76. The fraction of sp³-hybridized carbons (Fsp3) is 0.118. The Kier molecular flexibility index (Phi) is 3.50. The van der Waals surface area contributed by atoms with Crippen molar-refractivity contribution in [2.75, 3.05) is 11.9 Å². The van der Waals surface area contributed by atoms with Gasteiger partial charge in [-0.25, -0.2) is 4.98 Å². The first-order valence-corrected chi connectivity index (χ1v) is 6.82. The third kappa shape index (κ3) is 2.43. The maximum Gasteiger partial charge on any atom is 0.138 e. The summed E-state index contributed by atoms with van der Waals surface area (Å²) < 4.78 is 0. The van der Waals surface area contributed by atoms with E-state index in [1.54, 1.807) is 0 Å².